The number of nitro benzene ring substituents is 1. The summed E-state index contributed by atoms with van der Waals surface area (Å²) in [5.74, 6) is -0.0260. The molecule has 1 unspecified atom stereocenters. The maximum absolute atomic E-state index is 12.5. The molecule has 1 aliphatic carbocycles. The van der Waals surface area contributed by atoms with Crippen LogP contribution in [0, 0.1) is 23.0 Å². The first kappa shape index (κ1) is 19.9. The van der Waals surface area contributed by atoms with Crippen molar-refractivity contribution in [1.29, 1.82) is 0 Å². The number of aryl methyl sites for hydroxylation is 1. The van der Waals surface area contributed by atoms with E-state index in [1.807, 2.05) is 24.3 Å². The number of carbonyl (C=O) groups is 2. The van der Waals surface area contributed by atoms with Crippen LogP contribution in [0.3, 0.4) is 0 Å². The van der Waals surface area contributed by atoms with Gasteiger partial charge in [-0.15, -0.1) is 11.8 Å². The molecular formula is C20H21N3O4S. The molecule has 0 saturated heterocycles. The Morgan fingerprint density at radius 2 is 1.93 bits per heavy atom. The first-order chi connectivity index (χ1) is 13.3. The summed E-state index contributed by atoms with van der Waals surface area (Å²) in [6, 6.07) is 11.7. The Morgan fingerprint density at radius 1 is 1.18 bits per heavy atom. The molecule has 2 aromatic rings. The predicted molar refractivity (Wildman–Crippen MR) is 110 cm³/mol. The maximum atomic E-state index is 12.5. The number of carbonyl (C=O) groups excluding carboxylic acids is 2. The van der Waals surface area contributed by atoms with Crippen molar-refractivity contribution in [1.82, 2.24) is 0 Å². The van der Waals surface area contributed by atoms with Gasteiger partial charge in [0.05, 0.1) is 10.2 Å². The third kappa shape index (κ3) is 5.10. The lowest BCUT2D eigenvalue weighted by Crippen LogP contribution is -2.22. The van der Waals surface area contributed by atoms with Crippen molar-refractivity contribution in [2.24, 2.45) is 5.92 Å². The predicted octanol–water partition coefficient (Wildman–Crippen LogP) is 4.37. The van der Waals surface area contributed by atoms with E-state index in [0.29, 0.717) is 11.3 Å². The monoisotopic (exact) mass is 399 g/mol. The molecule has 1 aliphatic rings. The van der Waals surface area contributed by atoms with Gasteiger partial charge in [-0.2, -0.15) is 0 Å². The quantitative estimate of drug-likeness (QED) is 0.409. The average Bonchev–Trinajstić information content (AvgIpc) is 3.48. The van der Waals surface area contributed by atoms with E-state index < -0.39 is 4.92 Å². The lowest BCUT2D eigenvalue weighted by molar-refractivity contribution is -0.384. The van der Waals surface area contributed by atoms with Crippen molar-refractivity contribution in [3.63, 3.8) is 0 Å². The summed E-state index contributed by atoms with van der Waals surface area (Å²) < 4.78 is 0. The van der Waals surface area contributed by atoms with E-state index in [0.717, 1.165) is 23.4 Å². The second-order valence-corrected chi connectivity index (χ2v) is 8.21. The lowest BCUT2D eigenvalue weighted by Gasteiger charge is -2.14. The Morgan fingerprint density at radius 3 is 2.57 bits per heavy atom. The van der Waals surface area contributed by atoms with E-state index in [4.69, 9.17) is 0 Å². The van der Waals surface area contributed by atoms with E-state index >= 15 is 0 Å². The molecule has 28 heavy (non-hydrogen) atoms. The third-order valence-corrected chi connectivity index (χ3v) is 5.50. The Balaban J connectivity index is 1.61. The van der Waals surface area contributed by atoms with Crippen LogP contribution in [0.4, 0.5) is 17.1 Å². The van der Waals surface area contributed by atoms with Crippen molar-refractivity contribution in [2.45, 2.75) is 36.8 Å². The van der Waals surface area contributed by atoms with Gasteiger partial charge < -0.3 is 10.6 Å². The van der Waals surface area contributed by atoms with Gasteiger partial charge in [-0.1, -0.05) is 6.07 Å². The smallest absolute Gasteiger partial charge is 0.269 e. The van der Waals surface area contributed by atoms with Crippen LogP contribution in [0.25, 0.3) is 0 Å². The minimum atomic E-state index is -0.466. The van der Waals surface area contributed by atoms with Crippen LogP contribution >= 0.6 is 11.8 Å². The highest BCUT2D eigenvalue weighted by atomic mass is 32.2. The van der Waals surface area contributed by atoms with Gasteiger partial charge >= 0.3 is 0 Å². The average molecular weight is 399 g/mol. The molecule has 2 aromatic carbocycles. The molecular weight excluding hydrogens is 378 g/mol. The fourth-order valence-electron chi connectivity index (χ4n) is 2.63. The Labute approximate surface area is 167 Å². The molecule has 0 aliphatic heterocycles. The Hall–Kier alpha value is -2.87. The molecule has 0 radical (unpaired) electrons. The molecule has 146 valence electrons. The zero-order valence-electron chi connectivity index (χ0n) is 15.6. The van der Waals surface area contributed by atoms with Crippen LogP contribution < -0.4 is 10.6 Å². The van der Waals surface area contributed by atoms with Gasteiger partial charge in [-0.25, -0.2) is 0 Å². The molecule has 2 N–H and O–H groups in total. The number of benzene rings is 2. The number of rotatable bonds is 7. The third-order valence-electron chi connectivity index (χ3n) is 4.41. The summed E-state index contributed by atoms with van der Waals surface area (Å²) in [5.41, 5.74) is 1.89. The van der Waals surface area contributed by atoms with Crippen LogP contribution in [0.2, 0.25) is 0 Å². The van der Waals surface area contributed by atoms with E-state index in [2.05, 4.69) is 10.6 Å². The molecule has 1 atom stereocenters. The van der Waals surface area contributed by atoms with Crippen molar-refractivity contribution in [3.8, 4) is 0 Å². The molecule has 8 heteroatoms. The molecule has 0 bridgehead atoms. The summed E-state index contributed by atoms with van der Waals surface area (Å²) in [5, 5.41) is 16.2. The van der Waals surface area contributed by atoms with E-state index in [-0.39, 0.29) is 28.7 Å². The number of amides is 2. The van der Waals surface area contributed by atoms with Crippen molar-refractivity contribution >= 4 is 40.6 Å². The van der Waals surface area contributed by atoms with Gasteiger partial charge in [0.1, 0.15) is 0 Å². The summed E-state index contributed by atoms with van der Waals surface area (Å²) in [4.78, 5) is 35.6. The van der Waals surface area contributed by atoms with E-state index in [1.165, 1.54) is 30.0 Å². The Kier molecular flexibility index (Phi) is 5.99. The molecule has 2 amide bonds. The Bertz CT molecular complexity index is 927. The number of non-ortho nitro benzene ring substituents is 1. The summed E-state index contributed by atoms with van der Waals surface area (Å²) in [6.07, 6.45) is 1.89. The molecule has 1 saturated carbocycles. The molecule has 7 nitrogen and oxygen atoms in total. The van der Waals surface area contributed by atoms with Gasteiger partial charge in [0, 0.05) is 34.3 Å². The van der Waals surface area contributed by atoms with E-state index in [9.17, 15) is 19.7 Å². The van der Waals surface area contributed by atoms with Crippen LogP contribution in [0.5, 0.6) is 0 Å². The SMILES string of the molecule is Cc1cc([N+](=O)[O-])ccc1NC(=O)C(C)Sc1cccc(NC(=O)C2CC2)c1. The van der Waals surface area contributed by atoms with Gasteiger partial charge in [0.2, 0.25) is 11.8 Å². The number of hydrogen-bond acceptors (Lipinski definition) is 5. The summed E-state index contributed by atoms with van der Waals surface area (Å²) in [7, 11) is 0. The fourth-order valence-corrected chi connectivity index (χ4v) is 3.56. The molecule has 1 fully saturated rings. The zero-order valence-corrected chi connectivity index (χ0v) is 16.4. The maximum Gasteiger partial charge on any atom is 0.269 e. The lowest BCUT2D eigenvalue weighted by atomic mass is 10.2. The van der Waals surface area contributed by atoms with Gasteiger partial charge in [0.15, 0.2) is 0 Å². The van der Waals surface area contributed by atoms with Crippen molar-refractivity contribution in [2.75, 3.05) is 10.6 Å². The number of nitrogens with one attached hydrogen (secondary N) is 2. The minimum Gasteiger partial charge on any atom is -0.326 e. The topological polar surface area (TPSA) is 101 Å². The summed E-state index contributed by atoms with van der Waals surface area (Å²) >= 11 is 1.38. The second kappa shape index (κ2) is 8.43. The highest BCUT2D eigenvalue weighted by molar-refractivity contribution is 8.00. The normalized spacial score (nSPS) is 14.2. The highest BCUT2D eigenvalue weighted by Gasteiger charge is 2.29. The van der Waals surface area contributed by atoms with Crippen molar-refractivity contribution in [3.05, 3.63) is 58.1 Å². The second-order valence-electron chi connectivity index (χ2n) is 6.80. The fraction of sp³-hybridized carbons (Fsp3) is 0.300. The largest absolute Gasteiger partial charge is 0.326 e. The van der Waals surface area contributed by atoms with Crippen LogP contribution in [-0.2, 0) is 9.59 Å². The zero-order chi connectivity index (χ0) is 20.3. The first-order valence-electron chi connectivity index (χ1n) is 8.97. The van der Waals surface area contributed by atoms with Crippen LogP contribution in [0.1, 0.15) is 25.3 Å². The number of nitro groups is 1. The van der Waals surface area contributed by atoms with Crippen LogP contribution in [0.15, 0.2) is 47.4 Å². The molecule has 0 heterocycles. The highest BCUT2D eigenvalue weighted by Crippen LogP contribution is 2.31. The van der Waals surface area contributed by atoms with Crippen molar-refractivity contribution < 1.29 is 14.5 Å². The van der Waals surface area contributed by atoms with Crippen LogP contribution in [-0.4, -0.2) is 22.0 Å². The van der Waals surface area contributed by atoms with Gasteiger partial charge in [-0.3, -0.25) is 19.7 Å². The standard InChI is InChI=1S/C20H21N3O4S/c1-12-10-16(23(26)27)8-9-18(12)22-19(24)13(2)28-17-5-3-4-15(11-17)21-20(25)14-6-7-14/h3-5,8-11,13-14H,6-7H2,1-2H3,(H,21,25)(H,22,24). The van der Waals surface area contributed by atoms with Gasteiger partial charge in [-0.05, 0) is 56.5 Å². The number of nitrogens with zero attached hydrogens (tertiary/aromatic N) is 1. The number of thioether (sulfide) groups is 1. The molecule has 0 aromatic heterocycles. The molecule has 0 spiro atoms. The first-order valence-corrected chi connectivity index (χ1v) is 9.85. The molecule has 3 rings (SSSR count). The van der Waals surface area contributed by atoms with E-state index in [1.54, 1.807) is 13.8 Å². The summed E-state index contributed by atoms with van der Waals surface area (Å²) in [6.45, 7) is 3.50. The minimum absolute atomic E-state index is 0.0111. The number of anilines is 2. The number of hydrogen-bond donors (Lipinski definition) is 2. The van der Waals surface area contributed by atoms with Gasteiger partial charge in [0.25, 0.3) is 5.69 Å².